The molecule has 1 unspecified atom stereocenters. The molecule has 0 aliphatic rings. The number of hydrogen-bond acceptors (Lipinski definition) is 2. The van der Waals surface area contributed by atoms with Crippen LogP contribution in [0.25, 0.3) is 0 Å². The first-order valence-electron chi connectivity index (χ1n) is 5.09. The van der Waals surface area contributed by atoms with Crippen molar-refractivity contribution in [3.63, 3.8) is 0 Å². The number of nitrogens with one attached hydrogen (secondary N) is 1. The Kier molecular flexibility index (Phi) is 4.05. The predicted octanol–water partition coefficient (Wildman–Crippen LogP) is 1.45. The lowest BCUT2D eigenvalue weighted by Gasteiger charge is -2.09. The van der Waals surface area contributed by atoms with Crippen LogP contribution in [-0.2, 0) is 4.79 Å². The van der Waals surface area contributed by atoms with Gasteiger partial charge in [0, 0.05) is 12.1 Å². The molecule has 0 saturated carbocycles. The Balaban J connectivity index is 2.60. The zero-order chi connectivity index (χ0) is 12.1. The molecule has 0 aliphatic heterocycles. The fourth-order valence-electron chi connectivity index (χ4n) is 1.26. The summed E-state index contributed by atoms with van der Waals surface area (Å²) in [4.78, 5) is 22.3. The molecular formula is C12H15NO3. The molecule has 86 valence electrons. The van der Waals surface area contributed by atoms with E-state index in [0.717, 1.165) is 5.56 Å². The zero-order valence-corrected chi connectivity index (χ0v) is 9.36. The van der Waals surface area contributed by atoms with Crippen molar-refractivity contribution in [2.75, 3.05) is 6.54 Å². The first kappa shape index (κ1) is 12.2. The number of hydrogen-bond donors (Lipinski definition) is 2. The van der Waals surface area contributed by atoms with Gasteiger partial charge in [-0.1, -0.05) is 25.1 Å². The van der Waals surface area contributed by atoms with Crippen LogP contribution in [0.2, 0.25) is 0 Å². The quantitative estimate of drug-likeness (QED) is 0.808. The van der Waals surface area contributed by atoms with Gasteiger partial charge in [-0.15, -0.1) is 0 Å². The molecule has 16 heavy (non-hydrogen) atoms. The molecule has 2 N–H and O–H groups in total. The molecule has 4 nitrogen and oxygen atoms in total. The number of carboxylic acid groups (broad SMARTS) is 1. The van der Waals surface area contributed by atoms with Gasteiger partial charge in [0.05, 0.1) is 5.92 Å². The summed E-state index contributed by atoms with van der Waals surface area (Å²) >= 11 is 0. The summed E-state index contributed by atoms with van der Waals surface area (Å²) in [7, 11) is 0. The Morgan fingerprint density at radius 3 is 2.56 bits per heavy atom. The average molecular weight is 221 g/mol. The van der Waals surface area contributed by atoms with E-state index in [0.29, 0.717) is 5.56 Å². The maximum absolute atomic E-state index is 11.7. The van der Waals surface area contributed by atoms with Crippen molar-refractivity contribution in [2.24, 2.45) is 5.92 Å². The van der Waals surface area contributed by atoms with E-state index in [4.69, 9.17) is 5.11 Å². The molecule has 0 spiro atoms. The fraction of sp³-hybridized carbons (Fsp3) is 0.333. The van der Waals surface area contributed by atoms with Crippen molar-refractivity contribution in [3.8, 4) is 0 Å². The van der Waals surface area contributed by atoms with E-state index in [1.807, 2.05) is 19.1 Å². The average Bonchev–Trinajstić information content (AvgIpc) is 2.25. The molecule has 0 heterocycles. The molecule has 1 amide bonds. The van der Waals surface area contributed by atoms with Crippen molar-refractivity contribution in [1.29, 1.82) is 0 Å². The molecule has 0 aliphatic carbocycles. The molecule has 1 aromatic carbocycles. The SMILES string of the molecule is Cc1ccccc1C(=O)NCC(C)C(=O)O. The van der Waals surface area contributed by atoms with Gasteiger partial charge in [0.15, 0.2) is 0 Å². The van der Waals surface area contributed by atoms with Gasteiger partial charge >= 0.3 is 5.97 Å². The Labute approximate surface area is 94.3 Å². The molecule has 0 fully saturated rings. The third kappa shape index (κ3) is 3.08. The largest absolute Gasteiger partial charge is 0.481 e. The van der Waals surface area contributed by atoms with Crippen LogP contribution in [0.5, 0.6) is 0 Å². The summed E-state index contributed by atoms with van der Waals surface area (Å²) < 4.78 is 0. The highest BCUT2D eigenvalue weighted by atomic mass is 16.4. The number of carbonyl (C=O) groups is 2. The van der Waals surface area contributed by atoms with Crippen LogP contribution in [0.1, 0.15) is 22.8 Å². The second-order valence-electron chi connectivity index (χ2n) is 3.76. The Bertz CT molecular complexity index is 401. The van der Waals surface area contributed by atoms with Crippen LogP contribution in [0.3, 0.4) is 0 Å². The van der Waals surface area contributed by atoms with Gasteiger partial charge in [0.2, 0.25) is 0 Å². The van der Waals surface area contributed by atoms with Crippen LogP contribution < -0.4 is 5.32 Å². The molecule has 0 saturated heterocycles. The topological polar surface area (TPSA) is 66.4 Å². The highest BCUT2D eigenvalue weighted by Gasteiger charge is 2.13. The number of carboxylic acids is 1. The standard InChI is InChI=1S/C12H15NO3/c1-8-5-3-4-6-10(8)11(14)13-7-9(2)12(15)16/h3-6,9H,7H2,1-2H3,(H,13,14)(H,15,16). The van der Waals surface area contributed by atoms with Crippen molar-refractivity contribution >= 4 is 11.9 Å². The van der Waals surface area contributed by atoms with Crippen molar-refractivity contribution in [1.82, 2.24) is 5.32 Å². The minimum Gasteiger partial charge on any atom is -0.481 e. The van der Waals surface area contributed by atoms with Crippen LogP contribution in [-0.4, -0.2) is 23.5 Å². The second-order valence-corrected chi connectivity index (χ2v) is 3.76. The van der Waals surface area contributed by atoms with Gasteiger partial charge in [0.1, 0.15) is 0 Å². The molecule has 0 aromatic heterocycles. The van der Waals surface area contributed by atoms with Gasteiger partial charge in [-0.3, -0.25) is 9.59 Å². The first-order valence-corrected chi connectivity index (χ1v) is 5.09. The summed E-state index contributed by atoms with van der Waals surface area (Å²) in [6.45, 7) is 3.54. The lowest BCUT2D eigenvalue weighted by atomic mass is 10.1. The van der Waals surface area contributed by atoms with Crippen LogP contribution in [0.4, 0.5) is 0 Å². The fourth-order valence-corrected chi connectivity index (χ4v) is 1.26. The Hall–Kier alpha value is -1.84. The first-order chi connectivity index (χ1) is 7.52. The van der Waals surface area contributed by atoms with Gasteiger partial charge in [-0.2, -0.15) is 0 Å². The Morgan fingerprint density at radius 2 is 2.00 bits per heavy atom. The third-order valence-corrected chi connectivity index (χ3v) is 2.38. The normalized spacial score (nSPS) is 11.9. The van der Waals surface area contributed by atoms with Crippen LogP contribution >= 0.6 is 0 Å². The molecule has 0 radical (unpaired) electrons. The molecule has 4 heteroatoms. The van der Waals surface area contributed by atoms with Crippen molar-refractivity contribution < 1.29 is 14.7 Å². The van der Waals surface area contributed by atoms with E-state index in [1.54, 1.807) is 19.1 Å². The number of rotatable bonds is 4. The molecule has 1 atom stereocenters. The molecular weight excluding hydrogens is 206 g/mol. The molecule has 1 aromatic rings. The smallest absolute Gasteiger partial charge is 0.308 e. The maximum Gasteiger partial charge on any atom is 0.308 e. The predicted molar refractivity (Wildman–Crippen MR) is 60.3 cm³/mol. The maximum atomic E-state index is 11.7. The Morgan fingerprint density at radius 1 is 1.38 bits per heavy atom. The second kappa shape index (κ2) is 5.30. The highest BCUT2D eigenvalue weighted by Crippen LogP contribution is 2.06. The van der Waals surface area contributed by atoms with E-state index in [-0.39, 0.29) is 12.5 Å². The van der Waals surface area contributed by atoms with Gasteiger partial charge in [-0.05, 0) is 18.6 Å². The number of amides is 1. The van der Waals surface area contributed by atoms with E-state index in [9.17, 15) is 9.59 Å². The van der Waals surface area contributed by atoms with E-state index < -0.39 is 11.9 Å². The van der Waals surface area contributed by atoms with Crippen molar-refractivity contribution in [2.45, 2.75) is 13.8 Å². The monoisotopic (exact) mass is 221 g/mol. The minimum atomic E-state index is -0.912. The number of benzene rings is 1. The lowest BCUT2D eigenvalue weighted by molar-refractivity contribution is -0.140. The lowest BCUT2D eigenvalue weighted by Crippen LogP contribution is -2.31. The zero-order valence-electron chi connectivity index (χ0n) is 9.36. The number of aryl methyl sites for hydroxylation is 1. The van der Waals surface area contributed by atoms with Gasteiger partial charge < -0.3 is 10.4 Å². The number of carbonyl (C=O) groups excluding carboxylic acids is 1. The summed E-state index contributed by atoms with van der Waals surface area (Å²) in [6.07, 6.45) is 0. The van der Waals surface area contributed by atoms with Crippen LogP contribution in [0, 0.1) is 12.8 Å². The van der Waals surface area contributed by atoms with E-state index in [1.165, 1.54) is 0 Å². The number of aliphatic carboxylic acids is 1. The summed E-state index contributed by atoms with van der Waals surface area (Å²) in [5.74, 6) is -1.72. The summed E-state index contributed by atoms with van der Waals surface area (Å²) in [5, 5.41) is 11.3. The van der Waals surface area contributed by atoms with Crippen molar-refractivity contribution in [3.05, 3.63) is 35.4 Å². The highest BCUT2D eigenvalue weighted by molar-refractivity contribution is 5.95. The molecule has 1 rings (SSSR count). The summed E-state index contributed by atoms with van der Waals surface area (Å²) in [5.41, 5.74) is 1.46. The summed E-state index contributed by atoms with van der Waals surface area (Å²) in [6, 6.07) is 7.19. The van der Waals surface area contributed by atoms with E-state index in [2.05, 4.69) is 5.32 Å². The molecule has 0 bridgehead atoms. The third-order valence-electron chi connectivity index (χ3n) is 2.38. The van der Waals surface area contributed by atoms with Crippen LogP contribution in [0.15, 0.2) is 24.3 Å². The van der Waals surface area contributed by atoms with Gasteiger partial charge in [0.25, 0.3) is 5.91 Å². The minimum absolute atomic E-state index is 0.141. The van der Waals surface area contributed by atoms with E-state index >= 15 is 0 Å². The van der Waals surface area contributed by atoms with Gasteiger partial charge in [-0.25, -0.2) is 0 Å².